The molecule has 0 fully saturated rings. The van der Waals surface area contributed by atoms with E-state index in [0.29, 0.717) is 16.5 Å². The molecule has 30 heavy (non-hydrogen) atoms. The zero-order valence-corrected chi connectivity index (χ0v) is 16.4. The van der Waals surface area contributed by atoms with Gasteiger partial charge in [-0.2, -0.15) is 5.10 Å². The van der Waals surface area contributed by atoms with Gasteiger partial charge in [0, 0.05) is 17.6 Å². The third-order valence-corrected chi connectivity index (χ3v) is 5.70. The summed E-state index contributed by atoms with van der Waals surface area (Å²) in [5, 5.41) is 14.6. The lowest BCUT2D eigenvalue weighted by Gasteiger charge is -2.34. The molecule has 0 amide bonds. The van der Waals surface area contributed by atoms with E-state index < -0.39 is 11.4 Å². The van der Waals surface area contributed by atoms with Crippen molar-refractivity contribution < 1.29 is 4.39 Å². The van der Waals surface area contributed by atoms with Gasteiger partial charge in [-0.05, 0) is 35.9 Å². The van der Waals surface area contributed by atoms with Gasteiger partial charge in [-0.15, -0.1) is 0 Å². The summed E-state index contributed by atoms with van der Waals surface area (Å²) in [6.07, 6.45) is 0. The van der Waals surface area contributed by atoms with Crippen LogP contribution in [0.2, 0.25) is 0 Å². The molecule has 0 saturated carbocycles. The number of anilines is 1. The minimum atomic E-state index is -0.450. The van der Waals surface area contributed by atoms with Crippen LogP contribution in [0.4, 0.5) is 10.1 Å². The number of H-pyrrole nitrogens is 1. The number of aromatic amines is 1. The molecule has 6 heteroatoms. The summed E-state index contributed by atoms with van der Waals surface area (Å²) in [5.74, 6) is -0.590. The average Bonchev–Trinajstić information content (AvgIpc) is 2.77. The molecule has 1 aromatic heterocycles. The number of hydrogen-bond donors (Lipinski definition) is 3. The molecule has 0 unspecified atom stereocenters. The highest BCUT2D eigenvalue weighted by Crippen LogP contribution is 2.46. The van der Waals surface area contributed by atoms with Crippen molar-refractivity contribution in [3.63, 3.8) is 0 Å². The monoisotopic (exact) mass is 400 g/mol. The van der Waals surface area contributed by atoms with Crippen LogP contribution in [0.5, 0.6) is 0 Å². The lowest BCUT2D eigenvalue weighted by Crippen LogP contribution is -2.28. The molecular weight excluding hydrogens is 379 g/mol. The molecule has 3 N–H and O–H groups in total. The third-order valence-electron chi connectivity index (χ3n) is 5.70. The Morgan fingerprint density at radius 2 is 1.80 bits per heavy atom. The summed E-state index contributed by atoms with van der Waals surface area (Å²) < 4.78 is 14.3. The molecule has 2 atom stereocenters. The Labute approximate surface area is 173 Å². The predicted octanol–water partition coefficient (Wildman–Crippen LogP) is 4.08. The quantitative estimate of drug-likeness (QED) is 0.483. The maximum absolute atomic E-state index is 14.3. The van der Waals surface area contributed by atoms with Crippen LogP contribution < -0.4 is 16.2 Å². The second-order valence-electron chi connectivity index (χ2n) is 7.60. The first kappa shape index (κ1) is 18.5. The van der Waals surface area contributed by atoms with Gasteiger partial charge in [0.2, 0.25) is 0 Å². The van der Waals surface area contributed by atoms with E-state index in [4.69, 9.17) is 0 Å². The van der Waals surface area contributed by atoms with Crippen molar-refractivity contribution in [2.75, 3.05) is 12.4 Å². The number of aromatic nitrogens is 2. The molecule has 0 bridgehead atoms. The zero-order valence-electron chi connectivity index (χ0n) is 16.4. The molecule has 0 aliphatic carbocycles. The van der Waals surface area contributed by atoms with Gasteiger partial charge in [-0.25, -0.2) is 9.49 Å². The Morgan fingerprint density at radius 3 is 2.53 bits per heavy atom. The number of hydrogen-bond acceptors (Lipinski definition) is 4. The van der Waals surface area contributed by atoms with Crippen molar-refractivity contribution in [2.45, 2.75) is 18.5 Å². The maximum Gasteiger partial charge on any atom is 0.272 e. The standard InChI is InChI=1S/C24H21FN4O/c1-26-13-14-7-9-16(10-8-14)22-20(15-5-3-2-4-6-15)23-21-18(24(30)29-28-23)11-17(25)12-19(21)27-22/h2-12,20,22,26-27H,13H2,1H3,(H,29,30)/t20-,22-/m0/s1. The molecular formula is C24H21FN4O. The molecule has 3 aromatic carbocycles. The molecule has 5 nitrogen and oxygen atoms in total. The molecule has 0 spiro atoms. The summed E-state index contributed by atoms with van der Waals surface area (Å²) in [5.41, 5.74) is 4.27. The van der Waals surface area contributed by atoms with E-state index in [1.54, 1.807) is 0 Å². The lowest BCUT2D eigenvalue weighted by molar-refractivity contribution is 0.618. The summed E-state index contributed by atoms with van der Waals surface area (Å²) in [6, 6.07) is 21.0. The second kappa shape index (κ2) is 7.39. The first-order chi connectivity index (χ1) is 14.7. The number of halogens is 1. The maximum atomic E-state index is 14.3. The van der Waals surface area contributed by atoms with Crippen molar-refractivity contribution in [1.82, 2.24) is 15.5 Å². The summed E-state index contributed by atoms with van der Waals surface area (Å²) in [7, 11) is 1.92. The number of rotatable bonds is 4. The van der Waals surface area contributed by atoms with Crippen LogP contribution in [-0.4, -0.2) is 17.2 Å². The fraction of sp³-hybridized carbons (Fsp3) is 0.167. The molecule has 1 aliphatic rings. The Bertz CT molecular complexity index is 1270. The average molecular weight is 400 g/mol. The normalized spacial score (nSPS) is 17.7. The van der Waals surface area contributed by atoms with E-state index in [9.17, 15) is 9.18 Å². The van der Waals surface area contributed by atoms with Crippen LogP contribution in [0, 0.1) is 5.82 Å². The van der Waals surface area contributed by atoms with E-state index >= 15 is 0 Å². The van der Waals surface area contributed by atoms with Crippen molar-refractivity contribution >= 4 is 16.5 Å². The van der Waals surface area contributed by atoms with E-state index in [1.807, 2.05) is 25.2 Å². The fourth-order valence-corrected chi connectivity index (χ4v) is 4.37. The van der Waals surface area contributed by atoms with E-state index in [-0.39, 0.29) is 12.0 Å². The van der Waals surface area contributed by atoms with Crippen LogP contribution in [0.15, 0.2) is 71.5 Å². The highest BCUT2D eigenvalue weighted by Gasteiger charge is 2.35. The van der Waals surface area contributed by atoms with Crippen LogP contribution in [0.1, 0.15) is 34.3 Å². The zero-order chi connectivity index (χ0) is 20.7. The lowest BCUT2D eigenvalue weighted by atomic mass is 9.80. The fourth-order valence-electron chi connectivity index (χ4n) is 4.37. The Kier molecular flexibility index (Phi) is 4.56. The van der Waals surface area contributed by atoms with Gasteiger partial charge in [-0.1, -0.05) is 54.6 Å². The molecule has 150 valence electrons. The van der Waals surface area contributed by atoms with Crippen LogP contribution in [-0.2, 0) is 6.54 Å². The molecule has 5 rings (SSSR count). The van der Waals surface area contributed by atoms with E-state index in [2.05, 4.69) is 57.2 Å². The van der Waals surface area contributed by atoms with Gasteiger partial charge in [0.15, 0.2) is 0 Å². The third kappa shape index (κ3) is 3.06. The highest BCUT2D eigenvalue weighted by atomic mass is 19.1. The van der Waals surface area contributed by atoms with Gasteiger partial charge in [0.05, 0.1) is 23.0 Å². The van der Waals surface area contributed by atoms with Gasteiger partial charge >= 0.3 is 0 Å². The molecule has 2 heterocycles. The first-order valence-electron chi connectivity index (χ1n) is 9.92. The Balaban J connectivity index is 1.73. The van der Waals surface area contributed by atoms with Crippen LogP contribution in [0.3, 0.4) is 0 Å². The number of nitrogens with one attached hydrogen (secondary N) is 3. The number of benzene rings is 3. The SMILES string of the molecule is CNCc1ccc([C@@H]2Nc3cc(F)cc4c(=O)[nH]nc(c34)[C@H]2c2ccccc2)cc1. The largest absolute Gasteiger partial charge is 0.377 e. The van der Waals surface area contributed by atoms with Crippen molar-refractivity contribution in [2.24, 2.45) is 0 Å². The van der Waals surface area contributed by atoms with Crippen LogP contribution in [0.25, 0.3) is 10.8 Å². The van der Waals surface area contributed by atoms with E-state index in [0.717, 1.165) is 23.4 Å². The summed E-state index contributed by atoms with van der Waals surface area (Å²) >= 11 is 0. The molecule has 0 saturated heterocycles. The first-order valence-corrected chi connectivity index (χ1v) is 9.92. The van der Waals surface area contributed by atoms with Crippen LogP contribution >= 0.6 is 0 Å². The van der Waals surface area contributed by atoms with Gasteiger partial charge < -0.3 is 10.6 Å². The minimum Gasteiger partial charge on any atom is -0.377 e. The van der Waals surface area contributed by atoms with E-state index in [1.165, 1.54) is 17.7 Å². The second-order valence-corrected chi connectivity index (χ2v) is 7.60. The van der Waals surface area contributed by atoms with Crippen molar-refractivity contribution in [1.29, 1.82) is 0 Å². The van der Waals surface area contributed by atoms with Gasteiger partial charge in [0.25, 0.3) is 5.56 Å². The summed E-state index contributed by atoms with van der Waals surface area (Å²) in [6.45, 7) is 0.788. The predicted molar refractivity (Wildman–Crippen MR) is 116 cm³/mol. The Hall–Kier alpha value is -3.51. The molecule has 0 radical (unpaired) electrons. The smallest absolute Gasteiger partial charge is 0.272 e. The number of nitrogens with zero attached hydrogens (tertiary/aromatic N) is 1. The van der Waals surface area contributed by atoms with Gasteiger partial charge in [-0.3, -0.25) is 4.79 Å². The van der Waals surface area contributed by atoms with Crippen molar-refractivity contribution in [3.05, 3.63) is 105 Å². The minimum absolute atomic E-state index is 0.140. The van der Waals surface area contributed by atoms with Gasteiger partial charge in [0.1, 0.15) is 5.82 Å². The topological polar surface area (TPSA) is 69.8 Å². The molecule has 1 aliphatic heterocycles. The molecule has 4 aromatic rings. The summed E-state index contributed by atoms with van der Waals surface area (Å²) in [4.78, 5) is 12.4. The highest BCUT2D eigenvalue weighted by molar-refractivity contribution is 5.97. The van der Waals surface area contributed by atoms with Crippen molar-refractivity contribution in [3.8, 4) is 0 Å². The Morgan fingerprint density at radius 1 is 1.03 bits per heavy atom.